The molecule has 25 heavy (non-hydrogen) atoms. The maximum Gasteiger partial charge on any atom is 0.260 e. The molecule has 0 aliphatic heterocycles. The summed E-state index contributed by atoms with van der Waals surface area (Å²) >= 11 is 5.81. The Morgan fingerprint density at radius 3 is 2.64 bits per heavy atom. The molecule has 0 unspecified atom stereocenters. The Morgan fingerprint density at radius 1 is 1.16 bits per heavy atom. The highest BCUT2D eigenvalue weighted by Gasteiger charge is 2.14. The normalized spacial score (nSPS) is 10.4. The molecule has 5 N–H and O–H groups in total. The fourth-order valence-corrected chi connectivity index (χ4v) is 2.31. The lowest BCUT2D eigenvalue weighted by Gasteiger charge is -2.13. The first-order valence-electron chi connectivity index (χ1n) is 8.19. The van der Waals surface area contributed by atoms with Crippen LogP contribution in [0.5, 0.6) is 0 Å². The van der Waals surface area contributed by atoms with Gasteiger partial charge < -0.3 is 21.7 Å². The molecule has 7 nitrogen and oxygen atoms in total. The lowest BCUT2D eigenvalue weighted by molar-refractivity contribution is 0.102. The third-order valence-electron chi connectivity index (χ3n) is 3.54. The Labute approximate surface area is 152 Å². The minimum Gasteiger partial charge on any atom is -0.373 e. The first kappa shape index (κ1) is 19.0. The van der Waals surface area contributed by atoms with Gasteiger partial charge in [0.1, 0.15) is 17.5 Å². The molecule has 1 amide bonds. The van der Waals surface area contributed by atoms with Crippen LogP contribution in [-0.2, 0) is 0 Å². The summed E-state index contributed by atoms with van der Waals surface area (Å²) in [6.07, 6.45) is 4.46. The fourth-order valence-electron chi connectivity index (χ4n) is 2.20. The second-order valence-corrected chi connectivity index (χ2v) is 5.87. The molecule has 0 aromatic carbocycles. The molecule has 0 atom stereocenters. The third kappa shape index (κ3) is 5.88. The molecular weight excluding hydrogens is 340 g/mol. The van der Waals surface area contributed by atoms with Crippen LogP contribution in [0.2, 0.25) is 5.02 Å². The average molecular weight is 363 g/mol. The van der Waals surface area contributed by atoms with Crippen molar-refractivity contribution in [2.75, 3.05) is 36.1 Å². The maximum absolute atomic E-state index is 12.6. The zero-order valence-electron chi connectivity index (χ0n) is 14.2. The quantitative estimate of drug-likeness (QED) is 0.511. The van der Waals surface area contributed by atoms with E-state index in [1.165, 1.54) is 6.20 Å². The molecular formula is C17H23ClN6O. The number of pyridine rings is 2. The second-order valence-electron chi connectivity index (χ2n) is 5.43. The monoisotopic (exact) mass is 362 g/mol. The number of carbonyl (C=O) groups is 1. The van der Waals surface area contributed by atoms with E-state index in [0.717, 1.165) is 25.8 Å². The van der Waals surface area contributed by atoms with Gasteiger partial charge in [0.25, 0.3) is 5.91 Å². The van der Waals surface area contributed by atoms with Gasteiger partial charge in [-0.2, -0.15) is 0 Å². The minimum atomic E-state index is -0.283. The number of nitrogens with two attached hydrogens (primary N) is 1. The zero-order valence-corrected chi connectivity index (χ0v) is 14.9. The molecule has 0 aliphatic rings. The van der Waals surface area contributed by atoms with Crippen LogP contribution < -0.4 is 21.7 Å². The number of nitrogens with zero attached hydrogens (tertiary/aromatic N) is 2. The van der Waals surface area contributed by atoms with Crippen LogP contribution in [0.3, 0.4) is 0 Å². The zero-order chi connectivity index (χ0) is 18.1. The van der Waals surface area contributed by atoms with Crippen molar-refractivity contribution in [1.82, 2.24) is 9.97 Å². The van der Waals surface area contributed by atoms with E-state index >= 15 is 0 Å². The third-order valence-corrected chi connectivity index (χ3v) is 3.76. The number of amides is 1. The minimum absolute atomic E-state index is 0.283. The molecule has 2 heterocycles. The molecule has 134 valence electrons. The Bertz CT molecular complexity index is 692. The molecule has 2 rings (SSSR count). The second kappa shape index (κ2) is 9.80. The number of rotatable bonds is 9. The Balaban J connectivity index is 2.08. The van der Waals surface area contributed by atoms with Gasteiger partial charge in [-0.1, -0.05) is 18.0 Å². The predicted octanol–water partition coefficient (Wildman–Crippen LogP) is 2.96. The molecule has 0 bridgehead atoms. The number of anilines is 3. The number of unbranched alkanes of at least 4 members (excludes halogenated alkanes) is 2. The first-order chi connectivity index (χ1) is 12.1. The average Bonchev–Trinajstić information content (AvgIpc) is 2.63. The lowest BCUT2D eigenvalue weighted by Crippen LogP contribution is -2.17. The van der Waals surface area contributed by atoms with Crippen molar-refractivity contribution >= 4 is 35.0 Å². The van der Waals surface area contributed by atoms with Crippen molar-refractivity contribution in [2.24, 2.45) is 5.73 Å². The number of hydrogen-bond acceptors (Lipinski definition) is 6. The first-order valence-corrected chi connectivity index (χ1v) is 8.57. The van der Waals surface area contributed by atoms with Crippen molar-refractivity contribution in [3.05, 3.63) is 41.0 Å². The van der Waals surface area contributed by atoms with Crippen LogP contribution in [0.1, 0.15) is 29.6 Å². The van der Waals surface area contributed by atoms with Gasteiger partial charge in [-0.05, 0) is 43.7 Å². The van der Waals surface area contributed by atoms with Crippen LogP contribution >= 0.6 is 11.6 Å². The van der Waals surface area contributed by atoms with E-state index in [2.05, 4.69) is 25.9 Å². The molecule has 0 saturated carbocycles. The van der Waals surface area contributed by atoms with Crippen molar-refractivity contribution in [1.29, 1.82) is 0 Å². The van der Waals surface area contributed by atoms with Crippen LogP contribution in [0.4, 0.5) is 17.5 Å². The molecule has 8 heteroatoms. The Kier molecular flexibility index (Phi) is 7.43. The number of hydrogen-bond donors (Lipinski definition) is 4. The van der Waals surface area contributed by atoms with Gasteiger partial charge in [0.2, 0.25) is 0 Å². The van der Waals surface area contributed by atoms with Gasteiger partial charge in [-0.15, -0.1) is 0 Å². The van der Waals surface area contributed by atoms with E-state index in [1.54, 1.807) is 31.3 Å². The van der Waals surface area contributed by atoms with Crippen molar-refractivity contribution in [3.63, 3.8) is 0 Å². The summed E-state index contributed by atoms with van der Waals surface area (Å²) in [5.74, 6) is 1.37. The highest BCUT2D eigenvalue weighted by atomic mass is 35.5. The van der Waals surface area contributed by atoms with E-state index in [0.29, 0.717) is 34.6 Å². The largest absolute Gasteiger partial charge is 0.373 e. The molecule has 2 aromatic heterocycles. The summed E-state index contributed by atoms with van der Waals surface area (Å²) in [6.45, 7) is 1.41. The summed E-state index contributed by atoms with van der Waals surface area (Å²) in [7, 11) is 1.78. The molecule has 0 aliphatic carbocycles. The molecule has 0 radical (unpaired) electrons. The van der Waals surface area contributed by atoms with E-state index in [-0.39, 0.29) is 5.91 Å². The number of halogens is 1. The van der Waals surface area contributed by atoms with E-state index in [1.807, 2.05) is 0 Å². The summed E-state index contributed by atoms with van der Waals surface area (Å²) in [4.78, 5) is 21.1. The van der Waals surface area contributed by atoms with Crippen molar-refractivity contribution in [3.8, 4) is 0 Å². The number of nitrogens with one attached hydrogen (secondary N) is 3. The molecule has 0 fully saturated rings. The van der Waals surface area contributed by atoms with Crippen LogP contribution in [-0.4, -0.2) is 36.0 Å². The van der Waals surface area contributed by atoms with Gasteiger partial charge in [-0.25, -0.2) is 9.97 Å². The van der Waals surface area contributed by atoms with Gasteiger partial charge in [-0.3, -0.25) is 4.79 Å². The molecule has 2 aromatic rings. The molecule has 0 saturated heterocycles. The van der Waals surface area contributed by atoms with Gasteiger partial charge in [0, 0.05) is 19.8 Å². The highest BCUT2D eigenvalue weighted by molar-refractivity contribution is 6.30. The van der Waals surface area contributed by atoms with E-state index in [9.17, 15) is 4.79 Å². The number of carbonyl (C=O) groups excluding carboxylic acids is 1. The SMILES string of the molecule is CNc1ccc(C(=O)Nc2ccc(Cl)cn2)c(NCCCCCN)n1. The predicted molar refractivity (Wildman–Crippen MR) is 102 cm³/mol. The van der Waals surface area contributed by atoms with Gasteiger partial charge >= 0.3 is 0 Å². The van der Waals surface area contributed by atoms with E-state index in [4.69, 9.17) is 17.3 Å². The summed E-state index contributed by atoms with van der Waals surface area (Å²) in [6, 6.07) is 6.80. The van der Waals surface area contributed by atoms with Gasteiger partial charge in [0.05, 0.1) is 10.6 Å². The summed E-state index contributed by atoms with van der Waals surface area (Å²) in [5, 5.41) is 9.46. The van der Waals surface area contributed by atoms with Crippen LogP contribution in [0, 0.1) is 0 Å². The van der Waals surface area contributed by atoms with Crippen molar-refractivity contribution in [2.45, 2.75) is 19.3 Å². The lowest BCUT2D eigenvalue weighted by atomic mass is 10.2. The maximum atomic E-state index is 12.6. The topological polar surface area (TPSA) is 105 Å². The summed E-state index contributed by atoms with van der Waals surface area (Å²) < 4.78 is 0. The van der Waals surface area contributed by atoms with E-state index < -0.39 is 0 Å². The highest BCUT2D eigenvalue weighted by Crippen LogP contribution is 2.18. The standard InChI is InChI=1S/C17H23ClN6O/c1-20-14-8-6-13(16(23-14)21-10-4-2-3-9-19)17(25)24-15-7-5-12(18)11-22-15/h5-8,11H,2-4,9-10,19H2,1H3,(H2,20,21,23)(H,22,24,25). The summed E-state index contributed by atoms with van der Waals surface area (Å²) in [5.41, 5.74) is 5.95. The molecule has 0 spiro atoms. The van der Waals surface area contributed by atoms with Crippen LogP contribution in [0.15, 0.2) is 30.5 Å². The van der Waals surface area contributed by atoms with Crippen molar-refractivity contribution < 1.29 is 4.79 Å². The Morgan fingerprint density at radius 2 is 1.96 bits per heavy atom. The number of aromatic nitrogens is 2. The van der Waals surface area contributed by atoms with Gasteiger partial charge in [0.15, 0.2) is 0 Å². The Hall–Kier alpha value is -2.38. The van der Waals surface area contributed by atoms with Crippen LogP contribution in [0.25, 0.3) is 0 Å². The fraction of sp³-hybridized carbons (Fsp3) is 0.353. The smallest absolute Gasteiger partial charge is 0.260 e.